The number of hydrogen-bond acceptors (Lipinski definition) is 4. The Morgan fingerprint density at radius 3 is 2.94 bits per heavy atom. The zero-order valence-electron chi connectivity index (χ0n) is 9.46. The van der Waals surface area contributed by atoms with Gasteiger partial charge in [-0.25, -0.2) is 0 Å². The van der Waals surface area contributed by atoms with E-state index in [1.165, 1.54) is 0 Å². The fourth-order valence-corrected chi connectivity index (χ4v) is 1.71. The second kappa shape index (κ2) is 4.40. The molecule has 2 aromatic heterocycles. The lowest BCUT2D eigenvalue weighted by Gasteiger charge is -2.11. The lowest BCUT2D eigenvalue weighted by atomic mass is 10.0. The fourth-order valence-electron chi connectivity index (χ4n) is 1.71. The molecule has 0 fully saturated rings. The van der Waals surface area contributed by atoms with Gasteiger partial charge in [-0.3, -0.25) is 9.67 Å². The Hall–Kier alpha value is -1.75. The Morgan fingerprint density at radius 2 is 2.31 bits per heavy atom. The molecule has 0 radical (unpaired) electrons. The summed E-state index contributed by atoms with van der Waals surface area (Å²) in [4.78, 5) is 4.23. The molecule has 0 bridgehead atoms. The van der Waals surface area contributed by atoms with Gasteiger partial charge in [-0.1, -0.05) is 11.3 Å². The van der Waals surface area contributed by atoms with Crippen LogP contribution < -0.4 is 5.73 Å². The Balaban J connectivity index is 2.14. The molecule has 16 heavy (non-hydrogen) atoms. The third-order valence-electron chi connectivity index (χ3n) is 2.53. The van der Waals surface area contributed by atoms with Gasteiger partial charge in [0.25, 0.3) is 0 Å². The summed E-state index contributed by atoms with van der Waals surface area (Å²) in [6.07, 6.45) is 4.33. The van der Waals surface area contributed by atoms with Crippen LogP contribution in [0.2, 0.25) is 0 Å². The number of pyridine rings is 1. The number of nitrogens with zero attached hydrogens (tertiary/aromatic N) is 4. The molecule has 0 aliphatic heterocycles. The molecule has 0 saturated carbocycles. The fraction of sp³-hybridized carbons (Fsp3) is 0.364. The first-order valence-electron chi connectivity index (χ1n) is 5.19. The van der Waals surface area contributed by atoms with E-state index in [-0.39, 0.29) is 6.04 Å². The van der Waals surface area contributed by atoms with Gasteiger partial charge in [-0.05, 0) is 18.6 Å². The summed E-state index contributed by atoms with van der Waals surface area (Å²) >= 11 is 0. The van der Waals surface area contributed by atoms with Crippen molar-refractivity contribution in [3.05, 3.63) is 41.5 Å². The van der Waals surface area contributed by atoms with Crippen molar-refractivity contribution in [2.75, 3.05) is 0 Å². The Kier molecular flexibility index (Phi) is 2.96. The highest BCUT2D eigenvalue weighted by Crippen LogP contribution is 2.16. The van der Waals surface area contributed by atoms with Crippen LogP contribution in [0.1, 0.15) is 23.0 Å². The van der Waals surface area contributed by atoms with Crippen LogP contribution in [0.25, 0.3) is 0 Å². The molecule has 0 spiro atoms. The molecule has 5 heteroatoms. The smallest absolute Gasteiger partial charge is 0.0845 e. The average Bonchev–Trinajstić information content (AvgIpc) is 2.64. The predicted octanol–water partition coefficient (Wildman–Crippen LogP) is 0.761. The summed E-state index contributed by atoms with van der Waals surface area (Å²) in [5.74, 6) is 0. The van der Waals surface area contributed by atoms with E-state index in [9.17, 15) is 0 Å². The van der Waals surface area contributed by atoms with Crippen molar-refractivity contribution in [1.29, 1.82) is 0 Å². The quantitative estimate of drug-likeness (QED) is 0.824. The van der Waals surface area contributed by atoms with Gasteiger partial charge in [0.05, 0.1) is 5.69 Å². The molecule has 0 saturated heterocycles. The second-order valence-electron chi connectivity index (χ2n) is 3.87. The average molecular weight is 217 g/mol. The third kappa shape index (κ3) is 2.25. The van der Waals surface area contributed by atoms with Gasteiger partial charge >= 0.3 is 0 Å². The van der Waals surface area contributed by atoms with Crippen molar-refractivity contribution < 1.29 is 0 Å². The highest BCUT2D eigenvalue weighted by Gasteiger charge is 2.11. The van der Waals surface area contributed by atoms with Crippen molar-refractivity contribution >= 4 is 0 Å². The summed E-state index contributed by atoms with van der Waals surface area (Å²) in [5.41, 5.74) is 9.06. The van der Waals surface area contributed by atoms with Crippen LogP contribution in [0.5, 0.6) is 0 Å². The Bertz CT molecular complexity index is 477. The molecule has 1 unspecified atom stereocenters. The molecule has 2 aromatic rings. The SMILES string of the molecule is Cc1ncccc1C(N)Cc1cn(C)nn1. The second-order valence-corrected chi connectivity index (χ2v) is 3.87. The van der Waals surface area contributed by atoms with Gasteiger partial charge in [0.1, 0.15) is 0 Å². The van der Waals surface area contributed by atoms with Crippen molar-refractivity contribution in [2.24, 2.45) is 12.8 Å². The van der Waals surface area contributed by atoms with E-state index in [1.807, 2.05) is 32.3 Å². The summed E-state index contributed by atoms with van der Waals surface area (Å²) in [6.45, 7) is 1.96. The normalized spacial score (nSPS) is 12.7. The van der Waals surface area contributed by atoms with Crippen LogP contribution in [-0.4, -0.2) is 20.0 Å². The number of nitrogens with two attached hydrogens (primary N) is 1. The lowest BCUT2D eigenvalue weighted by Crippen LogP contribution is -2.15. The summed E-state index contributed by atoms with van der Waals surface area (Å²) in [7, 11) is 1.84. The minimum absolute atomic E-state index is 0.0783. The van der Waals surface area contributed by atoms with Crippen molar-refractivity contribution in [3.63, 3.8) is 0 Å². The first kappa shape index (κ1) is 10.8. The standard InChI is InChI=1S/C11H15N5/c1-8-10(4-3-5-13-8)11(12)6-9-7-16(2)15-14-9/h3-5,7,11H,6,12H2,1-2H3. The van der Waals surface area contributed by atoms with Gasteiger partial charge in [0.15, 0.2) is 0 Å². The largest absolute Gasteiger partial charge is 0.324 e. The molecule has 5 nitrogen and oxygen atoms in total. The molecular formula is C11H15N5. The highest BCUT2D eigenvalue weighted by molar-refractivity contribution is 5.23. The molecule has 0 aliphatic carbocycles. The molecule has 1 atom stereocenters. The van der Waals surface area contributed by atoms with Crippen LogP contribution in [0.4, 0.5) is 0 Å². The number of aryl methyl sites for hydroxylation is 2. The molecule has 0 aliphatic rings. The van der Waals surface area contributed by atoms with Gasteiger partial charge in [-0.2, -0.15) is 0 Å². The van der Waals surface area contributed by atoms with E-state index in [4.69, 9.17) is 5.73 Å². The van der Waals surface area contributed by atoms with E-state index < -0.39 is 0 Å². The molecule has 0 amide bonds. The first-order valence-corrected chi connectivity index (χ1v) is 5.19. The Morgan fingerprint density at radius 1 is 1.50 bits per heavy atom. The summed E-state index contributed by atoms with van der Waals surface area (Å²) in [6, 6.07) is 3.83. The van der Waals surface area contributed by atoms with Gasteiger partial charge in [0, 0.05) is 37.6 Å². The molecule has 2 N–H and O–H groups in total. The van der Waals surface area contributed by atoms with E-state index >= 15 is 0 Å². The van der Waals surface area contributed by atoms with Crippen molar-refractivity contribution in [3.8, 4) is 0 Å². The van der Waals surface area contributed by atoms with E-state index in [0.29, 0.717) is 6.42 Å². The number of hydrogen-bond donors (Lipinski definition) is 1. The summed E-state index contributed by atoms with van der Waals surface area (Å²) < 4.78 is 1.68. The zero-order chi connectivity index (χ0) is 11.5. The maximum Gasteiger partial charge on any atom is 0.0845 e. The number of rotatable bonds is 3. The van der Waals surface area contributed by atoms with Crippen LogP contribution in [0.15, 0.2) is 24.5 Å². The first-order chi connectivity index (χ1) is 7.66. The lowest BCUT2D eigenvalue weighted by molar-refractivity contribution is 0.687. The minimum Gasteiger partial charge on any atom is -0.324 e. The van der Waals surface area contributed by atoms with E-state index in [1.54, 1.807) is 10.9 Å². The predicted molar refractivity (Wildman–Crippen MR) is 60.6 cm³/mol. The molecule has 2 rings (SSSR count). The van der Waals surface area contributed by atoms with Crippen LogP contribution in [0.3, 0.4) is 0 Å². The maximum atomic E-state index is 6.12. The molecule has 2 heterocycles. The Labute approximate surface area is 94.3 Å². The topological polar surface area (TPSA) is 69.6 Å². The monoisotopic (exact) mass is 217 g/mol. The van der Waals surface area contributed by atoms with Crippen LogP contribution >= 0.6 is 0 Å². The van der Waals surface area contributed by atoms with Crippen molar-refractivity contribution in [2.45, 2.75) is 19.4 Å². The van der Waals surface area contributed by atoms with Gasteiger partial charge < -0.3 is 5.73 Å². The number of aromatic nitrogens is 4. The molecule has 84 valence electrons. The zero-order valence-corrected chi connectivity index (χ0v) is 9.46. The van der Waals surface area contributed by atoms with Crippen LogP contribution in [-0.2, 0) is 13.5 Å². The molecular weight excluding hydrogens is 202 g/mol. The molecule has 0 aromatic carbocycles. The third-order valence-corrected chi connectivity index (χ3v) is 2.53. The van der Waals surface area contributed by atoms with Gasteiger partial charge in [-0.15, -0.1) is 5.10 Å². The maximum absolute atomic E-state index is 6.12. The van der Waals surface area contributed by atoms with Crippen LogP contribution in [0, 0.1) is 6.92 Å². The summed E-state index contributed by atoms with van der Waals surface area (Å²) in [5, 5.41) is 7.90. The minimum atomic E-state index is -0.0783. The van der Waals surface area contributed by atoms with Gasteiger partial charge in [0.2, 0.25) is 0 Å². The van der Waals surface area contributed by atoms with Crippen molar-refractivity contribution in [1.82, 2.24) is 20.0 Å². The highest BCUT2D eigenvalue weighted by atomic mass is 15.4. The van der Waals surface area contributed by atoms with E-state index in [0.717, 1.165) is 17.0 Å². The van der Waals surface area contributed by atoms with E-state index in [2.05, 4.69) is 15.3 Å².